The summed E-state index contributed by atoms with van der Waals surface area (Å²) in [7, 11) is 0. The molecule has 0 radical (unpaired) electrons. The summed E-state index contributed by atoms with van der Waals surface area (Å²) in [6.45, 7) is 0. The van der Waals surface area contributed by atoms with E-state index < -0.39 is 47.1 Å². The Morgan fingerprint density at radius 3 is 1.80 bits per heavy atom. The van der Waals surface area contributed by atoms with E-state index in [1.54, 1.807) is 0 Å². The van der Waals surface area contributed by atoms with Crippen LogP contribution in [0.3, 0.4) is 0 Å². The fourth-order valence-corrected chi connectivity index (χ4v) is 1.50. The molecule has 0 saturated heterocycles. The Morgan fingerprint density at radius 1 is 0.950 bits per heavy atom. The average Bonchev–Trinajstić information content (AvgIpc) is 2.27. The Bertz CT molecular complexity index is 616. The number of nitrogens with zero attached hydrogens (tertiary/aromatic N) is 3. The monoisotopic (exact) mass is 297 g/mol. The number of pyridine rings is 1. The Labute approximate surface area is 106 Å². The van der Waals surface area contributed by atoms with Crippen LogP contribution in [0.5, 0.6) is 0 Å². The van der Waals surface area contributed by atoms with Crippen LogP contribution < -0.4 is 0 Å². The van der Waals surface area contributed by atoms with E-state index in [0.717, 1.165) is 12.1 Å². The Balaban J connectivity index is 3.94. The van der Waals surface area contributed by atoms with Crippen molar-refractivity contribution in [1.82, 2.24) is 4.98 Å². The molecule has 0 aromatic carbocycles. The summed E-state index contributed by atoms with van der Waals surface area (Å²) < 4.78 is 89.6. The van der Waals surface area contributed by atoms with Crippen LogP contribution in [-0.4, -0.2) is 4.98 Å². The third-order valence-corrected chi connectivity index (χ3v) is 2.18. The number of halogens is 7. The van der Waals surface area contributed by atoms with E-state index in [1.165, 1.54) is 0 Å². The van der Waals surface area contributed by atoms with Gasteiger partial charge in [-0.3, -0.25) is 0 Å². The van der Waals surface area contributed by atoms with Crippen LogP contribution in [0.1, 0.15) is 22.4 Å². The summed E-state index contributed by atoms with van der Waals surface area (Å²) in [5, 5.41) is 16.7. The van der Waals surface area contributed by atoms with Crippen LogP contribution in [0.4, 0.5) is 30.7 Å². The van der Waals surface area contributed by atoms with Crippen molar-refractivity contribution in [3.05, 3.63) is 28.3 Å². The molecule has 0 amide bonds. The summed E-state index contributed by atoms with van der Waals surface area (Å²) in [5.74, 6) is -1.93. The fourth-order valence-electron chi connectivity index (χ4n) is 1.50. The second-order valence-corrected chi connectivity index (χ2v) is 3.42. The van der Waals surface area contributed by atoms with Gasteiger partial charge in [0, 0.05) is 5.56 Å². The van der Waals surface area contributed by atoms with E-state index >= 15 is 0 Å². The molecule has 3 nitrogen and oxygen atoms in total. The maximum absolute atomic E-state index is 13.3. The van der Waals surface area contributed by atoms with Gasteiger partial charge in [0.15, 0.2) is 5.69 Å². The fraction of sp³-hybridized carbons (Fsp3) is 0.300. The van der Waals surface area contributed by atoms with Gasteiger partial charge in [-0.15, -0.1) is 0 Å². The van der Waals surface area contributed by atoms with Crippen molar-refractivity contribution >= 4 is 0 Å². The molecule has 0 aliphatic carbocycles. The highest BCUT2D eigenvalue weighted by molar-refractivity contribution is 5.46. The topological polar surface area (TPSA) is 60.5 Å². The molecule has 106 valence electrons. The number of aromatic nitrogens is 1. The molecule has 0 fully saturated rings. The highest BCUT2D eigenvalue weighted by Crippen LogP contribution is 2.43. The molecule has 1 aromatic rings. The zero-order chi connectivity index (χ0) is 15.7. The zero-order valence-electron chi connectivity index (χ0n) is 9.19. The van der Waals surface area contributed by atoms with Crippen molar-refractivity contribution in [3.8, 4) is 12.1 Å². The molecule has 0 atom stereocenters. The van der Waals surface area contributed by atoms with Crippen LogP contribution in [0.25, 0.3) is 0 Å². The lowest BCUT2D eigenvalue weighted by Crippen LogP contribution is -2.23. The molecule has 0 N–H and O–H groups in total. The maximum Gasteiger partial charge on any atom is 0.419 e. The first kappa shape index (κ1) is 15.7. The number of hydrogen-bond acceptors (Lipinski definition) is 3. The number of hydrogen-bond donors (Lipinski definition) is 0. The summed E-state index contributed by atoms with van der Waals surface area (Å²) in [6.07, 6.45) is -12.4. The van der Waals surface area contributed by atoms with Crippen molar-refractivity contribution < 1.29 is 30.7 Å². The van der Waals surface area contributed by atoms with Gasteiger partial charge >= 0.3 is 12.4 Å². The van der Waals surface area contributed by atoms with Gasteiger partial charge in [-0.1, -0.05) is 0 Å². The Kier molecular flexibility index (Phi) is 3.89. The van der Waals surface area contributed by atoms with Gasteiger partial charge in [0.25, 0.3) is 0 Å². The quantitative estimate of drug-likeness (QED) is 0.590. The molecule has 0 spiro atoms. The maximum atomic E-state index is 13.3. The van der Waals surface area contributed by atoms with E-state index in [2.05, 4.69) is 4.98 Å². The lowest BCUT2D eigenvalue weighted by Gasteiger charge is -2.19. The minimum Gasteiger partial charge on any atom is -0.208 e. The Hall–Kier alpha value is -2.36. The highest BCUT2D eigenvalue weighted by Gasteiger charge is 2.48. The van der Waals surface area contributed by atoms with Crippen LogP contribution >= 0.6 is 0 Å². The average molecular weight is 297 g/mol. The smallest absolute Gasteiger partial charge is 0.208 e. The molecule has 1 rings (SSSR count). The molecular weight excluding hydrogens is 295 g/mol. The molecule has 1 heterocycles. The molecular formula is C10H2F7N3. The van der Waals surface area contributed by atoms with Crippen molar-refractivity contribution in [1.29, 1.82) is 10.5 Å². The predicted molar refractivity (Wildman–Crippen MR) is 48.2 cm³/mol. The summed E-state index contributed by atoms with van der Waals surface area (Å²) in [4.78, 5) is 2.55. The van der Waals surface area contributed by atoms with Gasteiger partial charge in [0.1, 0.15) is 11.6 Å². The Morgan fingerprint density at radius 2 is 1.45 bits per heavy atom. The summed E-state index contributed by atoms with van der Waals surface area (Å²) in [5.41, 5.74) is -8.05. The molecule has 0 aliphatic rings. The molecule has 0 unspecified atom stereocenters. The SMILES string of the molecule is N#CCc1c(F)nc(C#N)c(C(F)(F)F)c1C(F)(F)F. The van der Waals surface area contributed by atoms with Crippen molar-refractivity contribution in [2.24, 2.45) is 0 Å². The number of rotatable bonds is 1. The minimum atomic E-state index is -5.59. The van der Waals surface area contributed by atoms with E-state index in [0.29, 0.717) is 0 Å². The first-order valence-electron chi connectivity index (χ1n) is 4.67. The summed E-state index contributed by atoms with van der Waals surface area (Å²) >= 11 is 0. The normalized spacial score (nSPS) is 11.8. The van der Waals surface area contributed by atoms with Gasteiger partial charge in [0.2, 0.25) is 5.95 Å². The van der Waals surface area contributed by atoms with E-state index in [1.807, 2.05) is 0 Å². The van der Waals surface area contributed by atoms with Crippen molar-refractivity contribution in [2.45, 2.75) is 18.8 Å². The number of nitriles is 2. The predicted octanol–water partition coefficient (Wildman–Crippen LogP) is 3.20. The van der Waals surface area contributed by atoms with Crippen molar-refractivity contribution in [3.63, 3.8) is 0 Å². The number of alkyl halides is 6. The minimum absolute atomic E-state index is 0.771. The largest absolute Gasteiger partial charge is 0.419 e. The van der Waals surface area contributed by atoms with Gasteiger partial charge in [-0.2, -0.15) is 41.3 Å². The second kappa shape index (κ2) is 4.96. The standard InChI is InChI=1S/C10H2F7N3/c11-8-4(1-2-18)6(9(12,13)14)7(10(15,16)17)5(3-19)20-8/h1H2. The van der Waals surface area contributed by atoms with Gasteiger partial charge in [0.05, 0.1) is 18.1 Å². The molecule has 1 aromatic heterocycles. The van der Waals surface area contributed by atoms with Gasteiger partial charge < -0.3 is 0 Å². The highest BCUT2D eigenvalue weighted by atomic mass is 19.4. The molecule has 20 heavy (non-hydrogen) atoms. The molecule has 0 bridgehead atoms. The van der Waals surface area contributed by atoms with Gasteiger partial charge in [-0.25, -0.2) is 4.98 Å². The second-order valence-electron chi connectivity index (χ2n) is 3.42. The third-order valence-electron chi connectivity index (χ3n) is 2.18. The zero-order valence-corrected chi connectivity index (χ0v) is 9.19. The summed E-state index contributed by atoms with van der Waals surface area (Å²) in [6, 6.07) is 1.89. The third kappa shape index (κ3) is 2.79. The van der Waals surface area contributed by atoms with Crippen LogP contribution in [0, 0.1) is 28.6 Å². The van der Waals surface area contributed by atoms with Crippen LogP contribution in [0.15, 0.2) is 0 Å². The molecule has 10 heteroatoms. The van der Waals surface area contributed by atoms with Crippen LogP contribution in [0.2, 0.25) is 0 Å². The van der Waals surface area contributed by atoms with E-state index in [-0.39, 0.29) is 0 Å². The lowest BCUT2D eigenvalue weighted by atomic mass is 9.98. The molecule has 0 aliphatic heterocycles. The lowest BCUT2D eigenvalue weighted by molar-refractivity contribution is -0.163. The first-order chi connectivity index (χ1) is 9.04. The molecule has 0 saturated carbocycles. The van der Waals surface area contributed by atoms with E-state index in [4.69, 9.17) is 10.5 Å². The van der Waals surface area contributed by atoms with Gasteiger partial charge in [-0.05, 0) is 0 Å². The van der Waals surface area contributed by atoms with Crippen LogP contribution in [-0.2, 0) is 18.8 Å². The van der Waals surface area contributed by atoms with Crippen molar-refractivity contribution in [2.75, 3.05) is 0 Å². The van der Waals surface area contributed by atoms with E-state index in [9.17, 15) is 30.7 Å². The first-order valence-corrected chi connectivity index (χ1v) is 4.67.